The summed E-state index contributed by atoms with van der Waals surface area (Å²) >= 11 is 0. The molecule has 0 radical (unpaired) electrons. The maximum Gasteiger partial charge on any atom is 0.265 e. The summed E-state index contributed by atoms with van der Waals surface area (Å²) in [4.78, 5) is 28.3. The van der Waals surface area contributed by atoms with Gasteiger partial charge in [-0.2, -0.15) is 0 Å². The van der Waals surface area contributed by atoms with E-state index in [1.165, 1.54) is 5.56 Å². The molecule has 0 spiro atoms. The van der Waals surface area contributed by atoms with E-state index in [1.807, 2.05) is 71.3 Å². The zero-order valence-electron chi connectivity index (χ0n) is 19.3. The predicted octanol–water partition coefficient (Wildman–Crippen LogP) is 4.59. The smallest absolute Gasteiger partial charge is 0.265 e. The normalized spacial score (nSPS) is 11.5. The SMILES string of the molecule is COc1ccccc1Cn1cnc2c(c1=O)c1nc3ccccc3nc1n2CCc1ccccc1. The fraction of sp³-hybridized carbons (Fsp3) is 0.143. The van der Waals surface area contributed by atoms with Crippen molar-refractivity contribution in [2.45, 2.75) is 19.5 Å². The molecular weight excluding hydrogens is 438 g/mol. The summed E-state index contributed by atoms with van der Waals surface area (Å²) in [5.74, 6) is 0.732. The van der Waals surface area contributed by atoms with Gasteiger partial charge in [-0.1, -0.05) is 60.7 Å². The number of fused-ring (bicyclic) bond motifs is 4. The molecule has 3 heterocycles. The highest BCUT2D eigenvalue weighted by atomic mass is 16.5. The average Bonchev–Trinajstić information content (AvgIpc) is 3.21. The second kappa shape index (κ2) is 8.68. The van der Waals surface area contributed by atoms with Gasteiger partial charge in [0, 0.05) is 12.1 Å². The number of methoxy groups -OCH3 is 1. The number of aromatic nitrogens is 5. The Morgan fingerprint density at radius 1 is 0.829 bits per heavy atom. The van der Waals surface area contributed by atoms with Gasteiger partial charge in [0.1, 0.15) is 23.0 Å². The van der Waals surface area contributed by atoms with E-state index in [0.717, 1.165) is 28.8 Å². The molecule has 35 heavy (non-hydrogen) atoms. The van der Waals surface area contributed by atoms with E-state index in [9.17, 15) is 4.79 Å². The van der Waals surface area contributed by atoms with Crippen LogP contribution in [0.4, 0.5) is 0 Å². The summed E-state index contributed by atoms with van der Waals surface area (Å²) in [7, 11) is 1.63. The Labute approximate surface area is 201 Å². The van der Waals surface area contributed by atoms with Crippen LogP contribution in [0.15, 0.2) is 90.0 Å². The molecule has 0 bridgehead atoms. The number of para-hydroxylation sites is 3. The van der Waals surface area contributed by atoms with Crippen molar-refractivity contribution in [1.29, 1.82) is 0 Å². The Morgan fingerprint density at radius 3 is 2.34 bits per heavy atom. The van der Waals surface area contributed by atoms with Crippen LogP contribution < -0.4 is 10.3 Å². The first-order valence-corrected chi connectivity index (χ1v) is 11.5. The highest BCUT2D eigenvalue weighted by Gasteiger charge is 2.20. The molecule has 7 heteroatoms. The summed E-state index contributed by atoms with van der Waals surface area (Å²) < 4.78 is 9.11. The van der Waals surface area contributed by atoms with Gasteiger partial charge in [0.05, 0.1) is 24.7 Å². The number of benzene rings is 3. The molecule has 6 aromatic rings. The van der Waals surface area contributed by atoms with Gasteiger partial charge in [-0.25, -0.2) is 15.0 Å². The minimum absolute atomic E-state index is 0.144. The van der Waals surface area contributed by atoms with Crippen LogP contribution in [0.5, 0.6) is 5.75 Å². The van der Waals surface area contributed by atoms with Crippen molar-refractivity contribution in [1.82, 2.24) is 24.1 Å². The second-order valence-electron chi connectivity index (χ2n) is 8.46. The van der Waals surface area contributed by atoms with E-state index in [1.54, 1.807) is 18.0 Å². The van der Waals surface area contributed by atoms with Crippen LogP contribution in [0.25, 0.3) is 33.2 Å². The Bertz CT molecular complexity index is 1740. The van der Waals surface area contributed by atoms with E-state index in [2.05, 4.69) is 12.1 Å². The van der Waals surface area contributed by atoms with Crippen molar-refractivity contribution in [3.8, 4) is 5.75 Å². The first kappa shape index (κ1) is 21.0. The van der Waals surface area contributed by atoms with Crippen LogP contribution in [0.1, 0.15) is 11.1 Å². The highest BCUT2D eigenvalue weighted by molar-refractivity contribution is 6.04. The molecule has 0 amide bonds. The summed E-state index contributed by atoms with van der Waals surface area (Å²) in [6.07, 6.45) is 2.40. The van der Waals surface area contributed by atoms with Crippen molar-refractivity contribution in [2.24, 2.45) is 0 Å². The molecule has 0 fully saturated rings. The molecule has 172 valence electrons. The van der Waals surface area contributed by atoms with E-state index in [4.69, 9.17) is 19.7 Å². The molecule has 3 aromatic heterocycles. The van der Waals surface area contributed by atoms with Crippen LogP contribution in [0, 0.1) is 0 Å². The lowest BCUT2D eigenvalue weighted by molar-refractivity contribution is 0.408. The van der Waals surface area contributed by atoms with E-state index >= 15 is 0 Å². The predicted molar refractivity (Wildman–Crippen MR) is 137 cm³/mol. The van der Waals surface area contributed by atoms with Crippen LogP contribution in [0.3, 0.4) is 0 Å². The molecule has 7 nitrogen and oxygen atoms in total. The largest absolute Gasteiger partial charge is 0.496 e. The molecule has 0 aliphatic rings. The van der Waals surface area contributed by atoms with E-state index in [-0.39, 0.29) is 5.56 Å². The zero-order chi connectivity index (χ0) is 23.8. The number of ether oxygens (including phenoxy) is 1. The van der Waals surface area contributed by atoms with E-state index < -0.39 is 0 Å². The summed E-state index contributed by atoms with van der Waals surface area (Å²) in [6.45, 7) is 0.990. The highest BCUT2D eigenvalue weighted by Crippen LogP contribution is 2.26. The average molecular weight is 462 g/mol. The number of nitrogens with zero attached hydrogens (tertiary/aromatic N) is 5. The zero-order valence-corrected chi connectivity index (χ0v) is 19.3. The van der Waals surface area contributed by atoms with Crippen LogP contribution in [0.2, 0.25) is 0 Å². The Kier molecular flexibility index (Phi) is 5.22. The Hall–Kier alpha value is -4.52. The van der Waals surface area contributed by atoms with Gasteiger partial charge >= 0.3 is 0 Å². The van der Waals surface area contributed by atoms with Crippen LogP contribution in [-0.4, -0.2) is 31.2 Å². The molecule has 0 saturated heterocycles. The van der Waals surface area contributed by atoms with Gasteiger partial charge in [0.2, 0.25) is 0 Å². The Morgan fingerprint density at radius 2 is 1.54 bits per heavy atom. The topological polar surface area (TPSA) is 74.8 Å². The Balaban J connectivity index is 1.55. The molecule has 0 aliphatic carbocycles. The quantitative estimate of drug-likeness (QED) is 0.363. The maximum atomic E-state index is 13.8. The standard InChI is InChI=1S/C28H23N5O2/c1-35-23-14-8-5-11-20(23)17-32-18-29-26-24(28(32)34)25-27(31-22-13-7-6-12-21(22)30-25)33(26)16-15-19-9-3-2-4-10-19/h2-14,18H,15-17H2,1H3. The van der Waals surface area contributed by atoms with Crippen molar-refractivity contribution in [3.63, 3.8) is 0 Å². The molecule has 0 N–H and O–H groups in total. The molecule has 0 unspecified atom stereocenters. The first-order valence-electron chi connectivity index (χ1n) is 11.5. The minimum atomic E-state index is -0.144. The molecule has 0 saturated carbocycles. The lowest BCUT2D eigenvalue weighted by atomic mass is 10.1. The fourth-order valence-corrected chi connectivity index (χ4v) is 4.57. The van der Waals surface area contributed by atoms with Crippen molar-refractivity contribution in [2.75, 3.05) is 7.11 Å². The third-order valence-corrected chi connectivity index (χ3v) is 6.32. The molecule has 0 aliphatic heterocycles. The van der Waals surface area contributed by atoms with Gasteiger partial charge in [-0.05, 0) is 30.2 Å². The second-order valence-corrected chi connectivity index (χ2v) is 8.46. The van der Waals surface area contributed by atoms with Crippen molar-refractivity contribution < 1.29 is 4.74 Å². The maximum absolute atomic E-state index is 13.8. The van der Waals surface area contributed by atoms with Crippen LogP contribution in [-0.2, 0) is 19.5 Å². The lowest BCUT2D eigenvalue weighted by Crippen LogP contribution is -2.21. The minimum Gasteiger partial charge on any atom is -0.496 e. The number of rotatable bonds is 6. The van der Waals surface area contributed by atoms with Gasteiger partial charge in [-0.3, -0.25) is 9.36 Å². The van der Waals surface area contributed by atoms with Gasteiger partial charge in [0.15, 0.2) is 11.3 Å². The van der Waals surface area contributed by atoms with Gasteiger partial charge in [-0.15, -0.1) is 0 Å². The van der Waals surface area contributed by atoms with Crippen molar-refractivity contribution in [3.05, 3.63) is 107 Å². The van der Waals surface area contributed by atoms with E-state index in [0.29, 0.717) is 35.3 Å². The molecular formula is C28H23N5O2. The number of hydrogen-bond donors (Lipinski definition) is 0. The molecule has 3 aromatic carbocycles. The summed E-state index contributed by atoms with van der Waals surface area (Å²) in [5, 5.41) is 0.490. The third-order valence-electron chi connectivity index (χ3n) is 6.32. The number of aryl methyl sites for hydroxylation is 2. The summed E-state index contributed by atoms with van der Waals surface area (Å²) in [5.41, 5.74) is 5.37. The van der Waals surface area contributed by atoms with Crippen LogP contribution >= 0.6 is 0 Å². The summed E-state index contributed by atoms with van der Waals surface area (Å²) in [6, 6.07) is 25.7. The molecule has 6 rings (SSSR count). The number of hydrogen-bond acceptors (Lipinski definition) is 5. The fourth-order valence-electron chi connectivity index (χ4n) is 4.57. The monoisotopic (exact) mass is 461 g/mol. The van der Waals surface area contributed by atoms with Gasteiger partial charge < -0.3 is 9.30 Å². The third kappa shape index (κ3) is 3.71. The molecule has 0 atom stereocenters. The lowest BCUT2D eigenvalue weighted by Gasteiger charge is -2.10. The van der Waals surface area contributed by atoms with Gasteiger partial charge in [0.25, 0.3) is 5.56 Å². The van der Waals surface area contributed by atoms with Crippen molar-refractivity contribution >= 4 is 33.2 Å². The first-order chi connectivity index (χ1) is 17.2.